The van der Waals surface area contributed by atoms with Crippen LogP contribution < -0.4 is 11.1 Å². The quantitative estimate of drug-likeness (QED) is 0.504. The number of rotatable bonds is 3. The van der Waals surface area contributed by atoms with Crippen LogP contribution in [0, 0.1) is 10.1 Å². The molecule has 0 heterocycles. The van der Waals surface area contributed by atoms with E-state index in [-0.39, 0.29) is 10.7 Å². The normalized spacial score (nSPS) is 10.1. The van der Waals surface area contributed by atoms with Gasteiger partial charge in [-0.05, 0) is 30.3 Å². The lowest BCUT2D eigenvalue weighted by Gasteiger charge is -2.08. The number of nitro benzene ring substituents is 1. The lowest BCUT2D eigenvalue weighted by Crippen LogP contribution is -1.98. The number of nitrogens with one attached hydrogen (secondary N) is 1. The van der Waals surface area contributed by atoms with E-state index in [0.717, 1.165) is 0 Å². The van der Waals surface area contributed by atoms with Crippen LogP contribution >= 0.6 is 11.6 Å². The molecule has 5 nitrogen and oxygen atoms in total. The lowest BCUT2D eigenvalue weighted by molar-refractivity contribution is -0.383. The number of nitrogens with zero attached hydrogens (tertiary/aromatic N) is 1. The first-order chi connectivity index (χ1) is 8.58. The van der Waals surface area contributed by atoms with Gasteiger partial charge >= 0.3 is 5.69 Å². The Bertz CT molecular complexity index is 602. The summed E-state index contributed by atoms with van der Waals surface area (Å²) in [5, 5.41) is 14.0. The number of para-hydroxylation sites is 1. The molecule has 0 radical (unpaired) electrons. The molecule has 2 rings (SSSR count). The highest BCUT2D eigenvalue weighted by Gasteiger charge is 2.18. The van der Waals surface area contributed by atoms with E-state index >= 15 is 0 Å². The Kier molecular flexibility index (Phi) is 3.34. The van der Waals surface area contributed by atoms with Crippen molar-refractivity contribution in [2.75, 3.05) is 11.1 Å². The summed E-state index contributed by atoms with van der Waals surface area (Å²) in [5.41, 5.74) is 7.06. The van der Waals surface area contributed by atoms with E-state index in [1.54, 1.807) is 36.4 Å². The van der Waals surface area contributed by atoms with Gasteiger partial charge in [0.2, 0.25) is 0 Å². The SMILES string of the molecule is Nc1cccc(Nc2cccc(Cl)c2[N+](=O)[O-])c1. The first-order valence-corrected chi connectivity index (χ1v) is 5.51. The van der Waals surface area contributed by atoms with Crippen molar-refractivity contribution in [3.8, 4) is 0 Å². The van der Waals surface area contributed by atoms with Gasteiger partial charge in [-0.25, -0.2) is 0 Å². The zero-order chi connectivity index (χ0) is 13.1. The maximum atomic E-state index is 11.0. The summed E-state index contributed by atoms with van der Waals surface area (Å²) < 4.78 is 0. The van der Waals surface area contributed by atoms with Gasteiger partial charge in [0.1, 0.15) is 10.7 Å². The predicted octanol–water partition coefficient (Wildman–Crippen LogP) is 3.57. The van der Waals surface area contributed by atoms with Crippen LogP contribution in [-0.2, 0) is 0 Å². The van der Waals surface area contributed by atoms with Gasteiger partial charge in [0.05, 0.1) is 4.92 Å². The second kappa shape index (κ2) is 4.93. The van der Waals surface area contributed by atoms with E-state index in [1.807, 2.05) is 0 Å². The van der Waals surface area contributed by atoms with Crippen molar-refractivity contribution in [3.63, 3.8) is 0 Å². The maximum absolute atomic E-state index is 11.0. The van der Waals surface area contributed by atoms with E-state index in [1.165, 1.54) is 6.07 Å². The summed E-state index contributed by atoms with van der Waals surface area (Å²) in [6, 6.07) is 11.7. The number of hydrogen-bond donors (Lipinski definition) is 2. The molecule has 0 atom stereocenters. The fraction of sp³-hybridized carbons (Fsp3) is 0. The minimum Gasteiger partial charge on any atom is -0.399 e. The van der Waals surface area contributed by atoms with Crippen molar-refractivity contribution >= 4 is 34.4 Å². The molecule has 0 aliphatic heterocycles. The molecule has 0 aliphatic carbocycles. The molecular weight excluding hydrogens is 254 g/mol. The van der Waals surface area contributed by atoms with Crippen LogP contribution in [-0.4, -0.2) is 4.92 Å². The Hall–Kier alpha value is -2.27. The highest BCUT2D eigenvalue weighted by Crippen LogP contribution is 2.34. The third kappa shape index (κ3) is 2.52. The number of nitrogens with two attached hydrogens (primary N) is 1. The third-order valence-corrected chi connectivity index (χ3v) is 2.64. The van der Waals surface area contributed by atoms with Gasteiger partial charge in [0, 0.05) is 11.4 Å². The van der Waals surface area contributed by atoms with Crippen molar-refractivity contribution in [2.24, 2.45) is 0 Å². The second-order valence-electron chi connectivity index (χ2n) is 3.64. The van der Waals surface area contributed by atoms with Gasteiger partial charge < -0.3 is 11.1 Å². The van der Waals surface area contributed by atoms with Crippen LogP contribution in [0.2, 0.25) is 5.02 Å². The summed E-state index contributed by atoms with van der Waals surface area (Å²) in [6.07, 6.45) is 0. The number of halogens is 1. The summed E-state index contributed by atoms with van der Waals surface area (Å²) in [6.45, 7) is 0. The molecular formula is C12H10ClN3O2. The van der Waals surface area contributed by atoms with Crippen molar-refractivity contribution in [2.45, 2.75) is 0 Å². The van der Waals surface area contributed by atoms with Crippen LogP contribution in [0.1, 0.15) is 0 Å². The summed E-state index contributed by atoms with van der Waals surface area (Å²) in [5.74, 6) is 0. The Labute approximate surface area is 108 Å². The monoisotopic (exact) mass is 263 g/mol. The molecule has 6 heteroatoms. The topological polar surface area (TPSA) is 81.2 Å². The first-order valence-electron chi connectivity index (χ1n) is 5.13. The largest absolute Gasteiger partial charge is 0.399 e. The maximum Gasteiger partial charge on any atom is 0.311 e. The van der Waals surface area contributed by atoms with E-state index in [4.69, 9.17) is 17.3 Å². The van der Waals surface area contributed by atoms with Gasteiger partial charge in [-0.2, -0.15) is 0 Å². The average Bonchev–Trinajstić information content (AvgIpc) is 2.28. The number of nitrogen functional groups attached to an aromatic ring is 1. The van der Waals surface area contributed by atoms with Crippen LogP contribution in [0.15, 0.2) is 42.5 Å². The molecule has 0 aromatic heterocycles. The second-order valence-corrected chi connectivity index (χ2v) is 4.05. The molecule has 0 saturated carbocycles. The minimum atomic E-state index is -0.517. The fourth-order valence-electron chi connectivity index (χ4n) is 1.57. The highest BCUT2D eigenvalue weighted by atomic mass is 35.5. The minimum absolute atomic E-state index is 0.0916. The molecule has 18 heavy (non-hydrogen) atoms. The van der Waals surface area contributed by atoms with Crippen molar-refractivity contribution in [3.05, 3.63) is 57.6 Å². The van der Waals surface area contributed by atoms with Crippen LogP contribution in [0.25, 0.3) is 0 Å². The van der Waals surface area contributed by atoms with Crippen molar-refractivity contribution in [1.29, 1.82) is 0 Å². The fourth-order valence-corrected chi connectivity index (χ4v) is 1.82. The molecule has 0 amide bonds. The Balaban J connectivity index is 2.40. The van der Waals surface area contributed by atoms with Crippen molar-refractivity contribution in [1.82, 2.24) is 0 Å². The van der Waals surface area contributed by atoms with Gasteiger partial charge in [-0.1, -0.05) is 23.7 Å². The van der Waals surface area contributed by atoms with Crippen molar-refractivity contribution < 1.29 is 4.92 Å². The molecule has 0 saturated heterocycles. The van der Waals surface area contributed by atoms with E-state index in [0.29, 0.717) is 17.1 Å². The summed E-state index contributed by atoms with van der Waals surface area (Å²) in [7, 11) is 0. The number of benzene rings is 2. The van der Waals surface area contributed by atoms with Crippen LogP contribution in [0.4, 0.5) is 22.7 Å². The first kappa shape index (κ1) is 12.2. The average molecular weight is 264 g/mol. The Morgan fingerprint density at radius 2 is 1.94 bits per heavy atom. The molecule has 2 aromatic rings. The van der Waals surface area contributed by atoms with E-state index in [9.17, 15) is 10.1 Å². The van der Waals surface area contributed by atoms with Gasteiger partial charge in [-0.15, -0.1) is 0 Å². The van der Waals surface area contributed by atoms with Crippen LogP contribution in [0.3, 0.4) is 0 Å². The Morgan fingerprint density at radius 1 is 1.22 bits per heavy atom. The molecule has 0 bridgehead atoms. The van der Waals surface area contributed by atoms with Gasteiger partial charge in [0.25, 0.3) is 0 Å². The standard InChI is InChI=1S/C12H10ClN3O2/c13-10-5-2-6-11(12(10)16(17)18)15-9-4-1-3-8(14)7-9/h1-7,15H,14H2. The van der Waals surface area contributed by atoms with Crippen LogP contribution in [0.5, 0.6) is 0 Å². The van der Waals surface area contributed by atoms with E-state index in [2.05, 4.69) is 5.32 Å². The Morgan fingerprint density at radius 3 is 2.61 bits per heavy atom. The van der Waals surface area contributed by atoms with Gasteiger partial charge in [-0.3, -0.25) is 10.1 Å². The third-order valence-electron chi connectivity index (χ3n) is 2.33. The zero-order valence-electron chi connectivity index (χ0n) is 9.26. The highest BCUT2D eigenvalue weighted by molar-refractivity contribution is 6.33. The summed E-state index contributed by atoms with van der Waals surface area (Å²) >= 11 is 5.82. The predicted molar refractivity (Wildman–Crippen MR) is 72.2 cm³/mol. The molecule has 0 fully saturated rings. The number of hydrogen-bond acceptors (Lipinski definition) is 4. The molecule has 0 aliphatic rings. The number of anilines is 3. The molecule has 3 N–H and O–H groups in total. The zero-order valence-corrected chi connectivity index (χ0v) is 10.0. The molecule has 0 unspecified atom stereocenters. The molecule has 0 spiro atoms. The smallest absolute Gasteiger partial charge is 0.311 e. The molecule has 2 aromatic carbocycles. The van der Waals surface area contributed by atoms with Gasteiger partial charge in [0.15, 0.2) is 0 Å². The lowest BCUT2D eigenvalue weighted by atomic mass is 10.2. The van der Waals surface area contributed by atoms with E-state index < -0.39 is 4.92 Å². The molecule has 92 valence electrons. The summed E-state index contributed by atoms with van der Waals surface area (Å²) in [4.78, 5) is 10.4. The number of nitro groups is 1.